The van der Waals surface area contributed by atoms with Crippen LogP contribution in [0.15, 0.2) is 27.6 Å². The number of hydrogen-bond donors (Lipinski definition) is 1. The molecule has 1 amide bonds. The van der Waals surface area contributed by atoms with Gasteiger partial charge in [0.15, 0.2) is 0 Å². The van der Waals surface area contributed by atoms with Gasteiger partial charge in [-0.05, 0) is 39.0 Å². The van der Waals surface area contributed by atoms with Gasteiger partial charge in [0.25, 0.3) is 5.91 Å². The van der Waals surface area contributed by atoms with Crippen LogP contribution in [-0.4, -0.2) is 44.5 Å². The monoisotopic (exact) mass is 367 g/mol. The van der Waals surface area contributed by atoms with Gasteiger partial charge in [-0.1, -0.05) is 5.16 Å². The second kappa shape index (κ2) is 7.24. The van der Waals surface area contributed by atoms with Crippen molar-refractivity contribution >= 4 is 21.6 Å². The number of rotatable bonds is 6. The van der Waals surface area contributed by atoms with Crippen molar-refractivity contribution in [3.05, 3.63) is 35.2 Å². The fraction of sp³-hybridized carbons (Fsp3) is 0.375. The van der Waals surface area contributed by atoms with Gasteiger partial charge in [-0.15, -0.1) is 0 Å². The Morgan fingerprint density at radius 2 is 2.00 bits per heavy atom. The summed E-state index contributed by atoms with van der Waals surface area (Å²) in [6.45, 7) is 5.38. The van der Waals surface area contributed by atoms with E-state index in [-0.39, 0.29) is 10.6 Å². The van der Waals surface area contributed by atoms with Crippen molar-refractivity contribution in [1.29, 1.82) is 0 Å². The molecule has 2 rings (SSSR count). The topological polar surface area (TPSA) is 102 Å². The molecule has 0 atom stereocenters. The first-order valence-corrected chi connectivity index (χ1v) is 9.06. The Morgan fingerprint density at radius 1 is 1.32 bits per heavy atom. The number of carbonyl (C=O) groups excluding carboxylic acids is 1. The van der Waals surface area contributed by atoms with E-state index in [1.807, 2.05) is 0 Å². The van der Waals surface area contributed by atoms with E-state index in [1.54, 1.807) is 26.8 Å². The van der Waals surface area contributed by atoms with Gasteiger partial charge in [0.05, 0.1) is 12.3 Å². The van der Waals surface area contributed by atoms with Crippen LogP contribution in [0.5, 0.6) is 5.75 Å². The fourth-order valence-corrected chi connectivity index (χ4v) is 3.31. The molecule has 136 valence electrons. The second-order valence-corrected chi connectivity index (χ2v) is 7.66. The third-order valence-corrected chi connectivity index (χ3v) is 5.36. The standard InChI is InChI=1S/C16H21N3O5S/c1-6-23-13-8-7-12(9-14(13)25(21,22)19(4)5)17-16(20)15-10(2)18-24-11(15)3/h7-9H,6H2,1-5H3,(H,17,20). The van der Waals surface area contributed by atoms with E-state index < -0.39 is 15.9 Å². The zero-order valence-corrected chi connectivity index (χ0v) is 15.6. The highest BCUT2D eigenvalue weighted by atomic mass is 32.2. The zero-order chi connectivity index (χ0) is 18.8. The van der Waals surface area contributed by atoms with Crippen molar-refractivity contribution in [3.8, 4) is 5.75 Å². The number of hydrogen-bond acceptors (Lipinski definition) is 6. The molecule has 0 spiro atoms. The summed E-state index contributed by atoms with van der Waals surface area (Å²) < 4.78 is 36.5. The number of benzene rings is 1. The zero-order valence-electron chi connectivity index (χ0n) is 14.8. The summed E-state index contributed by atoms with van der Waals surface area (Å²) in [5.41, 5.74) is 1.11. The highest BCUT2D eigenvalue weighted by Crippen LogP contribution is 2.29. The predicted octanol–water partition coefficient (Wildman–Crippen LogP) is 2.19. The quantitative estimate of drug-likeness (QED) is 0.840. The molecule has 0 aliphatic rings. The molecule has 0 bridgehead atoms. The van der Waals surface area contributed by atoms with Crippen LogP contribution in [-0.2, 0) is 10.0 Å². The largest absolute Gasteiger partial charge is 0.492 e. The lowest BCUT2D eigenvalue weighted by Crippen LogP contribution is -2.23. The lowest BCUT2D eigenvalue weighted by Gasteiger charge is -2.16. The molecule has 0 saturated carbocycles. The summed E-state index contributed by atoms with van der Waals surface area (Å²) in [6, 6.07) is 4.47. The number of nitrogens with zero attached hydrogens (tertiary/aromatic N) is 2. The number of nitrogens with one attached hydrogen (secondary N) is 1. The molecule has 0 aliphatic carbocycles. The fourth-order valence-electron chi connectivity index (χ4n) is 2.26. The minimum atomic E-state index is -3.73. The van der Waals surface area contributed by atoms with Gasteiger partial charge in [0.1, 0.15) is 22.0 Å². The van der Waals surface area contributed by atoms with E-state index in [2.05, 4.69) is 10.5 Å². The van der Waals surface area contributed by atoms with Crippen LogP contribution >= 0.6 is 0 Å². The third-order valence-electron chi connectivity index (χ3n) is 3.52. The Hall–Kier alpha value is -2.39. The number of anilines is 1. The van der Waals surface area contributed by atoms with Crippen molar-refractivity contribution in [3.63, 3.8) is 0 Å². The van der Waals surface area contributed by atoms with Crippen LogP contribution in [0, 0.1) is 13.8 Å². The molecule has 1 N–H and O–H groups in total. The van der Waals surface area contributed by atoms with E-state index in [9.17, 15) is 13.2 Å². The summed E-state index contributed by atoms with van der Waals surface area (Å²) in [4.78, 5) is 12.4. The van der Waals surface area contributed by atoms with E-state index in [4.69, 9.17) is 9.26 Å². The van der Waals surface area contributed by atoms with Crippen LogP contribution in [0.1, 0.15) is 28.7 Å². The maximum atomic E-state index is 12.5. The molecule has 0 aliphatic heterocycles. The molecule has 1 heterocycles. The summed E-state index contributed by atoms with van der Waals surface area (Å²) >= 11 is 0. The highest BCUT2D eigenvalue weighted by molar-refractivity contribution is 7.89. The maximum absolute atomic E-state index is 12.5. The van der Waals surface area contributed by atoms with Gasteiger partial charge < -0.3 is 14.6 Å². The summed E-state index contributed by atoms with van der Waals surface area (Å²) in [6.07, 6.45) is 0. The Bertz CT molecular complexity index is 868. The minimum absolute atomic E-state index is 0.0177. The van der Waals surface area contributed by atoms with Crippen molar-refractivity contribution in [2.75, 3.05) is 26.0 Å². The number of aryl methyl sites for hydroxylation is 2. The molecule has 8 nitrogen and oxygen atoms in total. The number of amides is 1. The SMILES string of the molecule is CCOc1ccc(NC(=O)c2c(C)noc2C)cc1S(=O)(=O)N(C)C. The minimum Gasteiger partial charge on any atom is -0.492 e. The molecule has 25 heavy (non-hydrogen) atoms. The molecule has 0 saturated heterocycles. The third kappa shape index (κ3) is 3.83. The van der Waals surface area contributed by atoms with Crippen molar-refractivity contribution < 1.29 is 22.5 Å². The first kappa shape index (κ1) is 18.9. The lowest BCUT2D eigenvalue weighted by molar-refractivity contribution is 0.102. The van der Waals surface area contributed by atoms with E-state index >= 15 is 0 Å². The van der Waals surface area contributed by atoms with Gasteiger partial charge >= 0.3 is 0 Å². The first-order chi connectivity index (χ1) is 11.7. The molecule has 0 unspecified atom stereocenters. The molecule has 1 aromatic carbocycles. The van der Waals surface area contributed by atoms with E-state index in [0.717, 1.165) is 4.31 Å². The normalized spacial score (nSPS) is 11.6. The average molecular weight is 367 g/mol. The highest BCUT2D eigenvalue weighted by Gasteiger charge is 2.24. The van der Waals surface area contributed by atoms with Crippen LogP contribution in [0.3, 0.4) is 0 Å². The maximum Gasteiger partial charge on any atom is 0.261 e. The van der Waals surface area contributed by atoms with Crippen LogP contribution in [0.25, 0.3) is 0 Å². The lowest BCUT2D eigenvalue weighted by atomic mass is 10.2. The Morgan fingerprint density at radius 3 is 2.52 bits per heavy atom. The van der Waals surface area contributed by atoms with Gasteiger partial charge in [-0.2, -0.15) is 0 Å². The van der Waals surface area contributed by atoms with Gasteiger partial charge in [-0.3, -0.25) is 4.79 Å². The van der Waals surface area contributed by atoms with Crippen molar-refractivity contribution in [2.24, 2.45) is 0 Å². The second-order valence-electron chi connectivity index (χ2n) is 5.54. The molecular weight excluding hydrogens is 346 g/mol. The number of sulfonamides is 1. The Balaban J connectivity index is 2.42. The number of carbonyl (C=O) groups is 1. The van der Waals surface area contributed by atoms with Gasteiger partial charge in [-0.25, -0.2) is 12.7 Å². The number of aromatic nitrogens is 1. The van der Waals surface area contributed by atoms with E-state index in [1.165, 1.54) is 26.2 Å². The molecule has 2 aromatic rings. The van der Waals surface area contributed by atoms with Crippen LogP contribution in [0.4, 0.5) is 5.69 Å². The van der Waals surface area contributed by atoms with E-state index in [0.29, 0.717) is 29.3 Å². The predicted molar refractivity (Wildman–Crippen MR) is 92.4 cm³/mol. The van der Waals surface area contributed by atoms with Gasteiger partial charge in [0.2, 0.25) is 10.0 Å². The number of ether oxygens (including phenoxy) is 1. The van der Waals surface area contributed by atoms with Crippen LogP contribution < -0.4 is 10.1 Å². The van der Waals surface area contributed by atoms with Crippen molar-refractivity contribution in [2.45, 2.75) is 25.7 Å². The van der Waals surface area contributed by atoms with Gasteiger partial charge in [0, 0.05) is 19.8 Å². The molecule has 0 fully saturated rings. The Labute approximate surface area is 146 Å². The summed E-state index contributed by atoms with van der Waals surface area (Å²) in [7, 11) is -0.871. The molecule has 0 radical (unpaired) electrons. The van der Waals surface area contributed by atoms with Crippen LogP contribution in [0.2, 0.25) is 0 Å². The first-order valence-electron chi connectivity index (χ1n) is 7.62. The smallest absolute Gasteiger partial charge is 0.261 e. The summed E-state index contributed by atoms with van der Waals surface area (Å²) in [5.74, 6) is 0.197. The summed E-state index contributed by atoms with van der Waals surface area (Å²) in [5, 5.41) is 6.41. The molecule has 1 aromatic heterocycles. The average Bonchev–Trinajstić information content (AvgIpc) is 2.87. The van der Waals surface area contributed by atoms with Crippen molar-refractivity contribution in [1.82, 2.24) is 9.46 Å². The molecular formula is C16H21N3O5S. The Kier molecular flexibility index (Phi) is 5.48. The molecule has 9 heteroatoms.